The number of amides is 1. The predicted molar refractivity (Wildman–Crippen MR) is 92.5 cm³/mol. The van der Waals surface area contributed by atoms with Gasteiger partial charge >= 0.3 is 5.97 Å². The van der Waals surface area contributed by atoms with E-state index in [1.165, 1.54) is 12.1 Å². The maximum Gasteiger partial charge on any atom is 0.303 e. The lowest BCUT2D eigenvalue weighted by Crippen LogP contribution is -2.28. The fraction of sp³-hybridized carbons (Fsp3) is 0.471. The van der Waals surface area contributed by atoms with Crippen LogP contribution in [0.4, 0.5) is 0 Å². The van der Waals surface area contributed by atoms with E-state index in [1.54, 1.807) is 17.9 Å². The Morgan fingerprint density at radius 1 is 1.35 bits per heavy atom. The fourth-order valence-corrected chi connectivity index (χ4v) is 3.92. The number of nitrogens with zero attached hydrogens (tertiary/aromatic N) is 2. The van der Waals surface area contributed by atoms with E-state index < -0.39 is 15.8 Å². The number of carboxylic acid groups (broad SMARTS) is 1. The van der Waals surface area contributed by atoms with Gasteiger partial charge in [-0.3, -0.25) is 9.59 Å². The summed E-state index contributed by atoms with van der Waals surface area (Å²) in [6.45, 7) is 2.53. The Labute approximate surface area is 150 Å². The Kier molecular flexibility index (Phi) is 4.99. The van der Waals surface area contributed by atoms with E-state index in [9.17, 15) is 18.0 Å². The molecule has 0 unspecified atom stereocenters. The number of rotatable bonds is 6. The molecule has 1 saturated heterocycles. The molecule has 0 bridgehead atoms. The Balaban J connectivity index is 1.75. The van der Waals surface area contributed by atoms with Crippen molar-refractivity contribution < 1.29 is 27.5 Å². The van der Waals surface area contributed by atoms with E-state index in [0.29, 0.717) is 36.5 Å². The summed E-state index contributed by atoms with van der Waals surface area (Å²) in [5, 5.41) is 8.67. The van der Waals surface area contributed by atoms with Crippen molar-refractivity contribution in [3.63, 3.8) is 0 Å². The third kappa shape index (κ3) is 3.72. The Hall–Kier alpha value is -2.42. The fourth-order valence-electron chi connectivity index (χ4n) is 3.02. The van der Waals surface area contributed by atoms with Crippen LogP contribution in [0.1, 0.15) is 38.0 Å². The van der Waals surface area contributed by atoms with Gasteiger partial charge in [0.25, 0.3) is 0 Å². The van der Waals surface area contributed by atoms with Gasteiger partial charge in [-0.05, 0) is 24.6 Å². The minimum Gasteiger partial charge on any atom is -0.481 e. The number of sulfone groups is 1. The van der Waals surface area contributed by atoms with Crippen molar-refractivity contribution in [1.29, 1.82) is 0 Å². The number of hydrogen-bond donors (Lipinski definition) is 1. The van der Waals surface area contributed by atoms with Crippen LogP contribution < -0.4 is 0 Å². The monoisotopic (exact) mass is 380 g/mol. The van der Waals surface area contributed by atoms with Crippen molar-refractivity contribution in [2.75, 3.05) is 18.8 Å². The molecule has 26 heavy (non-hydrogen) atoms. The molecule has 9 heteroatoms. The number of oxazole rings is 1. The summed E-state index contributed by atoms with van der Waals surface area (Å²) < 4.78 is 29.7. The van der Waals surface area contributed by atoms with Crippen molar-refractivity contribution in [2.45, 2.75) is 37.0 Å². The molecule has 2 heterocycles. The molecule has 1 atom stereocenters. The first kappa shape index (κ1) is 18.4. The molecule has 3 rings (SSSR count). The number of aromatic nitrogens is 1. The van der Waals surface area contributed by atoms with E-state index in [4.69, 9.17) is 9.52 Å². The van der Waals surface area contributed by atoms with Gasteiger partial charge in [-0.2, -0.15) is 0 Å². The Bertz CT molecular complexity index is 949. The molecule has 0 spiro atoms. The van der Waals surface area contributed by atoms with E-state index in [0.717, 1.165) is 0 Å². The summed E-state index contributed by atoms with van der Waals surface area (Å²) in [6, 6.07) is 4.61. The molecule has 140 valence electrons. The average Bonchev–Trinajstić information content (AvgIpc) is 3.25. The number of carboxylic acids is 1. The number of aliphatic carboxylic acids is 1. The van der Waals surface area contributed by atoms with Gasteiger partial charge in [0, 0.05) is 19.5 Å². The predicted octanol–water partition coefficient (Wildman–Crippen LogP) is 1.80. The number of fused-ring (bicyclic) bond motifs is 1. The lowest BCUT2D eigenvalue weighted by atomic mass is 10.1. The molecular formula is C17H20N2O6S. The minimum atomic E-state index is -3.32. The normalized spacial score (nSPS) is 17.7. The van der Waals surface area contributed by atoms with Gasteiger partial charge in [-0.1, -0.05) is 6.92 Å². The first-order chi connectivity index (χ1) is 12.3. The van der Waals surface area contributed by atoms with Crippen molar-refractivity contribution in [2.24, 2.45) is 0 Å². The Morgan fingerprint density at radius 2 is 2.12 bits per heavy atom. The van der Waals surface area contributed by atoms with Gasteiger partial charge in [0.15, 0.2) is 21.3 Å². The third-order valence-electron chi connectivity index (χ3n) is 4.56. The zero-order chi connectivity index (χ0) is 18.9. The van der Waals surface area contributed by atoms with Gasteiger partial charge in [0.1, 0.15) is 5.52 Å². The van der Waals surface area contributed by atoms with Crippen molar-refractivity contribution >= 4 is 32.8 Å². The summed E-state index contributed by atoms with van der Waals surface area (Å²) >= 11 is 0. The van der Waals surface area contributed by atoms with Crippen molar-refractivity contribution in [3.8, 4) is 0 Å². The number of hydrogen-bond acceptors (Lipinski definition) is 6. The van der Waals surface area contributed by atoms with Crippen LogP contribution in [0.15, 0.2) is 27.5 Å². The lowest BCUT2D eigenvalue weighted by molar-refractivity contribution is -0.140. The highest BCUT2D eigenvalue weighted by Crippen LogP contribution is 2.30. The molecular weight excluding hydrogens is 360 g/mol. The summed E-state index contributed by atoms with van der Waals surface area (Å²) in [7, 11) is -3.32. The standard InChI is InChI=1S/C17H20N2O6S/c1-2-26(23,24)12-3-4-14-13(9-12)18-17(25-14)11-7-8-19(10-11)15(20)5-6-16(21)22/h3-4,9,11H,2,5-8,10H2,1H3,(H,21,22)/t11-/m1/s1. The zero-order valence-electron chi connectivity index (χ0n) is 14.3. The molecule has 1 aliphatic heterocycles. The smallest absolute Gasteiger partial charge is 0.303 e. The topological polar surface area (TPSA) is 118 Å². The van der Waals surface area contributed by atoms with E-state index in [2.05, 4.69) is 4.98 Å². The van der Waals surface area contributed by atoms with Crippen LogP contribution in [0, 0.1) is 0 Å². The van der Waals surface area contributed by atoms with Crippen LogP contribution in [-0.2, 0) is 19.4 Å². The summed E-state index contributed by atoms with van der Waals surface area (Å²) in [6.07, 6.45) is 0.469. The largest absolute Gasteiger partial charge is 0.481 e. The maximum atomic E-state index is 12.0. The van der Waals surface area contributed by atoms with Crippen LogP contribution in [0.2, 0.25) is 0 Å². The van der Waals surface area contributed by atoms with Crippen LogP contribution in [0.3, 0.4) is 0 Å². The Morgan fingerprint density at radius 3 is 2.81 bits per heavy atom. The second kappa shape index (κ2) is 7.06. The second-order valence-corrected chi connectivity index (χ2v) is 8.58. The van der Waals surface area contributed by atoms with Crippen molar-refractivity contribution in [3.05, 3.63) is 24.1 Å². The first-order valence-corrected chi connectivity index (χ1v) is 10.1. The van der Waals surface area contributed by atoms with E-state index in [-0.39, 0.29) is 35.3 Å². The second-order valence-electron chi connectivity index (χ2n) is 6.30. The van der Waals surface area contributed by atoms with E-state index >= 15 is 0 Å². The van der Waals surface area contributed by atoms with Crippen LogP contribution in [0.25, 0.3) is 11.1 Å². The third-order valence-corrected chi connectivity index (χ3v) is 6.29. The molecule has 1 aliphatic rings. The molecule has 1 aromatic carbocycles. The molecule has 0 saturated carbocycles. The molecule has 8 nitrogen and oxygen atoms in total. The number of benzene rings is 1. The van der Waals surface area contributed by atoms with Crippen LogP contribution >= 0.6 is 0 Å². The quantitative estimate of drug-likeness (QED) is 0.812. The van der Waals surface area contributed by atoms with Crippen molar-refractivity contribution in [1.82, 2.24) is 9.88 Å². The van der Waals surface area contributed by atoms with Gasteiger partial charge in [-0.15, -0.1) is 0 Å². The van der Waals surface area contributed by atoms with Gasteiger partial charge in [0.05, 0.1) is 23.0 Å². The van der Waals surface area contributed by atoms with Gasteiger partial charge in [0.2, 0.25) is 5.91 Å². The van der Waals surface area contributed by atoms with E-state index in [1.807, 2.05) is 0 Å². The average molecular weight is 380 g/mol. The molecule has 0 aliphatic carbocycles. The number of likely N-dealkylation sites (tertiary alicyclic amines) is 1. The van der Waals surface area contributed by atoms with Gasteiger partial charge in [-0.25, -0.2) is 13.4 Å². The SMILES string of the molecule is CCS(=O)(=O)c1ccc2oc([C@@H]3CCN(C(=O)CCC(=O)O)C3)nc2c1. The van der Waals surface area contributed by atoms with Crippen LogP contribution in [-0.4, -0.2) is 54.1 Å². The number of carbonyl (C=O) groups is 2. The molecule has 1 amide bonds. The zero-order valence-corrected chi connectivity index (χ0v) is 15.2. The number of carbonyl (C=O) groups excluding carboxylic acids is 1. The highest BCUT2D eigenvalue weighted by atomic mass is 32.2. The molecule has 1 N–H and O–H groups in total. The maximum absolute atomic E-state index is 12.0. The molecule has 0 radical (unpaired) electrons. The highest BCUT2D eigenvalue weighted by molar-refractivity contribution is 7.91. The first-order valence-electron chi connectivity index (χ1n) is 8.43. The van der Waals surface area contributed by atoms with Crippen LogP contribution in [0.5, 0.6) is 0 Å². The molecule has 2 aromatic rings. The molecule has 1 aromatic heterocycles. The lowest BCUT2D eigenvalue weighted by Gasteiger charge is -2.15. The summed E-state index contributed by atoms with van der Waals surface area (Å²) in [5.41, 5.74) is 0.982. The summed E-state index contributed by atoms with van der Waals surface area (Å²) in [5.74, 6) is -0.783. The molecule has 1 fully saturated rings. The van der Waals surface area contributed by atoms with Gasteiger partial charge < -0.3 is 14.4 Å². The minimum absolute atomic E-state index is 0.0131. The summed E-state index contributed by atoms with van der Waals surface area (Å²) in [4.78, 5) is 28.9. The highest BCUT2D eigenvalue weighted by Gasteiger charge is 2.30.